The summed E-state index contributed by atoms with van der Waals surface area (Å²) in [6.45, 7) is 0. The van der Waals surface area contributed by atoms with Crippen LogP contribution in [0.4, 0.5) is 0 Å². The van der Waals surface area contributed by atoms with Gasteiger partial charge >= 0.3 is 0 Å². The zero-order chi connectivity index (χ0) is 16.4. The summed E-state index contributed by atoms with van der Waals surface area (Å²) in [6.07, 6.45) is 0.293. The van der Waals surface area contributed by atoms with E-state index in [1.54, 1.807) is 7.11 Å². The van der Waals surface area contributed by atoms with Crippen LogP contribution in [-0.4, -0.2) is 31.0 Å². The molecule has 1 heterocycles. The lowest BCUT2D eigenvalue weighted by Gasteiger charge is -2.32. The van der Waals surface area contributed by atoms with Gasteiger partial charge < -0.3 is 9.64 Å². The van der Waals surface area contributed by atoms with Crippen LogP contribution in [0, 0.1) is 0 Å². The minimum atomic E-state index is -0.213. The third kappa shape index (κ3) is 3.12. The van der Waals surface area contributed by atoms with Gasteiger partial charge in [-0.3, -0.25) is 4.79 Å². The Morgan fingerprint density at radius 2 is 1.91 bits per heavy atom. The average Bonchev–Trinajstić information content (AvgIpc) is 2.85. The molecule has 23 heavy (non-hydrogen) atoms. The van der Waals surface area contributed by atoms with Crippen molar-refractivity contribution in [1.29, 1.82) is 0 Å². The smallest absolute Gasteiger partial charge is 0.223 e. The molecule has 0 radical (unpaired) electrons. The van der Waals surface area contributed by atoms with Gasteiger partial charge in [0, 0.05) is 31.5 Å². The molecule has 1 saturated heterocycles. The van der Waals surface area contributed by atoms with Crippen molar-refractivity contribution in [2.24, 2.45) is 0 Å². The highest BCUT2D eigenvalue weighted by Crippen LogP contribution is 2.41. The fraction of sp³-hybridized carbons (Fsp3) is 0.316. The van der Waals surface area contributed by atoms with Crippen LogP contribution in [-0.2, 0) is 9.53 Å². The molecule has 120 valence electrons. The molecule has 3 nitrogen and oxygen atoms in total. The van der Waals surface area contributed by atoms with Gasteiger partial charge in [0.25, 0.3) is 0 Å². The van der Waals surface area contributed by atoms with Crippen molar-refractivity contribution in [2.45, 2.75) is 24.5 Å². The molecule has 0 aromatic heterocycles. The van der Waals surface area contributed by atoms with E-state index in [2.05, 4.69) is 12.1 Å². The lowest BCUT2D eigenvalue weighted by atomic mass is 9.86. The normalized spacial score (nSPS) is 22.4. The molecule has 2 aromatic carbocycles. The second kappa shape index (κ2) is 6.73. The molecule has 0 N–H and O–H groups in total. The monoisotopic (exact) mass is 329 g/mol. The summed E-state index contributed by atoms with van der Waals surface area (Å²) in [5, 5.41) is 0.674. The van der Waals surface area contributed by atoms with E-state index < -0.39 is 0 Å². The quantitative estimate of drug-likeness (QED) is 0.847. The van der Waals surface area contributed by atoms with Crippen molar-refractivity contribution in [1.82, 2.24) is 4.90 Å². The third-order valence-corrected chi connectivity index (χ3v) is 4.85. The Labute approximate surface area is 141 Å². The number of carbonyl (C=O) groups is 1. The van der Waals surface area contributed by atoms with E-state index in [9.17, 15) is 4.79 Å². The maximum atomic E-state index is 12.3. The molecule has 1 fully saturated rings. The highest BCUT2D eigenvalue weighted by molar-refractivity contribution is 6.30. The van der Waals surface area contributed by atoms with Gasteiger partial charge in [0.15, 0.2) is 0 Å². The number of hydrogen-bond donors (Lipinski definition) is 0. The number of amides is 1. The first-order chi connectivity index (χ1) is 11.1. The third-order valence-electron chi connectivity index (χ3n) is 4.62. The van der Waals surface area contributed by atoms with Crippen molar-refractivity contribution in [3.05, 3.63) is 70.7 Å². The Balaban J connectivity index is 2.00. The fourth-order valence-corrected chi connectivity index (χ4v) is 3.67. The zero-order valence-electron chi connectivity index (χ0n) is 13.3. The predicted molar refractivity (Wildman–Crippen MR) is 91.6 cm³/mol. The van der Waals surface area contributed by atoms with E-state index in [0.717, 1.165) is 5.56 Å². The Morgan fingerprint density at radius 3 is 2.57 bits per heavy atom. The highest BCUT2D eigenvalue weighted by atomic mass is 35.5. The Morgan fingerprint density at radius 1 is 1.17 bits per heavy atom. The second-order valence-corrected chi connectivity index (χ2v) is 6.36. The van der Waals surface area contributed by atoms with E-state index in [4.69, 9.17) is 16.3 Å². The molecule has 4 heteroatoms. The number of likely N-dealkylation sites (N-methyl/N-ethyl adjacent to an activating group) is 1. The molecule has 2 aromatic rings. The van der Waals surface area contributed by atoms with Crippen LogP contribution >= 0.6 is 11.6 Å². The van der Waals surface area contributed by atoms with Crippen molar-refractivity contribution < 1.29 is 9.53 Å². The summed E-state index contributed by atoms with van der Waals surface area (Å²) in [5.74, 6) is 0.255. The summed E-state index contributed by atoms with van der Waals surface area (Å²) < 4.78 is 5.79. The summed E-state index contributed by atoms with van der Waals surface area (Å²) >= 11 is 6.13. The van der Waals surface area contributed by atoms with Gasteiger partial charge in [-0.25, -0.2) is 0 Å². The van der Waals surface area contributed by atoms with Crippen LogP contribution in [0.2, 0.25) is 5.02 Å². The number of benzene rings is 2. The van der Waals surface area contributed by atoms with Crippen LogP contribution in [0.5, 0.6) is 0 Å². The van der Waals surface area contributed by atoms with Crippen LogP contribution in [0.15, 0.2) is 54.6 Å². The first-order valence-electron chi connectivity index (χ1n) is 7.70. The number of rotatable bonds is 4. The molecule has 1 aliphatic heterocycles. The van der Waals surface area contributed by atoms with Crippen LogP contribution < -0.4 is 0 Å². The first-order valence-corrected chi connectivity index (χ1v) is 8.08. The van der Waals surface area contributed by atoms with E-state index in [-0.39, 0.29) is 24.0 Å². The maximum Gasteiger partial charge on any atom is 0.223 e. The molecule has 1 amide bonds. The van der Waals surface area contributed by atoms with Crippen molar-refractivity contribution >= 4 is 17.5 Å². The van der Waals surface area contributed by atoms with Crippen LogP contribution in [0.25, 0.3) is 0 Å². The summed E-state index contributed by atoms with van der Waals surface area (Å²) in [7, 11) is 3.54. The van der Waals surface area contributed by atoms with Gasteiger partial charge in [0.1, 0.15) is 6.10 Å². The average molecular weight is 330 g/mol. The molecule has 0 aliphatic carbocycles. The van der Waals surface area contributed by atoms with Gasteiger partial charge in [-0.1, -0.05) is 54.1 Å². The number of likely N-dealkylation sites (tertiary alicyclic amines) is 1. The molecule has 0 unspecified atom stereocenters. The molecule has 0 saturated carbocycles. The largest absolute Gasteiger partial charge is 0.375 e. The second-order valence-electron chi connectivity index (χ2n) is 5.93. The molecule has 3 atom stereocenters. The Bertz CT molecular complexity index is 689. The SMILES string of the molecule is CO[C@H](c1cccc(Cl)c1)[C@H]1[C@@H](c2ccccc2)CC(=O)N1C. The van der Waals surface area contributed by atoms with E-state index in [0.29, 0.717) is 11.4 Å². The number of carbonyl (C=O) groups excluding carboxylic acids is 1. The lowest BCUT2D eigenvalue weighted by molar-refractivity contribution is -0.129. The van der Waals surface area contributed by atoms with E-state index >= 15 is 0 Å². The molecule has 3 rings (SSSR count). The van der Waals surface area contributed by atoms with Crippen LogP contribution in [0.1, 0.15) is 29.6 Å². The highest BCUT2D eigenvalue weighted by Gasteiger charge is 2.43. The molecule has 1 aliphatic rings. The number of ether oxygens (including phenoxy) is 1. The lowest BCUT2D eigenvalue weighted by Crippen LogP contribution is -2.37. The minimum Gasteiger partial charge on any atom is -0.375 e. The maximum absolute atomic E-state index is 12.3. The molecule has 0 spiro atoms. The van der Waals surface area contributed by atoms with Crippen molar-refractivity contribution in [2.75, 3.05) is 14.2 Å². The number of methoxy groups -OCH3 is 1. The van der Waals surface area contributed by atoms with Gasteiger partial charge in [-0.2, -0.15) is 0 Å². The van der Waals surface area contributed by atoms with Gasteiger partial charge in [-0.15, -0.1) is 0 Å². The Hall–Kier alpha value is -1.84. The predicted octanol–water partition coefficient (Wildman–Crippen LogP) is 4.04. The zero-order valence-corrected chi connectivity index (χ0v) is 14.0. The van der Waals surface area contributed by atoms with Gasteiger partial charge in [-0.05, 0) is 23.3 Å². The molecular weight excluding hydrogens is 310 g/mol. The standard InChI is InChI=1S/C19H20ClNO2/c1-21-17(22)12-16(13-7-4-3-5-8-13)18(21)19(23-2)14-9-6-10-15(20)11-14/h3-11,16,18-19H,12H2,1-2H3/t16-,18-,19-/m1/s1. The van der Waals surface area contributed by atoms with E-state index in [1.807, 2.05) is 54.4 Å². The number of hydrogen-bond acceptors (Lipinski definition) is 2. The van der Waals surface area contributed by atoms with Crippen LogP contribution in [0.3, 0.4) is 0 Å². The summed E-state index contributed by atoms with van der Waals surface area (Å²) in [5.41, 5.74) is 2.16. The first kappa shape index (κ1) is 16.0. The summed E-state index contributed by atoms with van der Waals surface area (Å²) in [4.78, 5) is 14.1. The van der Waals surface area contributed by atoms with Crippen molar-refractivity contribution in [3.8, 4) is 0 Å². The van der Waals surface area contributed by atoms with Crippen molar-refractivity contribution in [3.63, 3.8) is 0 Å². The summed E-state index contributed by atoms with van der Waals surface area (Å²) in [6, 6.07) is 17.8. The topological polar surface area (TPSA) is 29.5 Å². The number of halogens is 1. The Kier molecular flexibility index (Phi) is 4.69. The fourth-order valence-electron chi connectivity index (χ4n) is 3.47. The minimum absolute atomic E-state index is 0.0478. The van der Waals surface area contributed by atoms with E-state index in [1.165, 1.54) is 5.56 Å². The molecular formula is C19H20ClNO2. The van der Waals surface area contributed by atoms with Gasteiger partial charge in [0.05, 0.1) is 6.04 Å². The van der Waals surface area contributed by atoms with Gasteiger partial charge in [0.2, 0.25) is 5.91 Å². The number of nitrogens with zero attached hydrogens (tertiary/aromatic N) is 1. The molecule has 0 bridgehead atoms.